The van der Waals surface area contributed by atoms with Gasteiger partial charge in [-0.3, -0.25) is 4.79 Å². The van der Waals surface area contributed by atoms with E-state index >= 15 is 0 Å². The number of hydrogen-bond donors (Lipinski definition) is 0. The van der Waals surface area contributed by atoms with Crippen LogP contribution in [0.2, 0.25) is 0 Å². The summed E-state index contributed by atoms with van der Waals surface area (Å²) in [6.07, 6.45) is 2.01. The minimum Gasteiger partial charge on any atom is -0.497 e. The van der Waals surface area contributed by atoms with Gasteiger partial charge < -0.3 is 18.8 Å². The molecule has 0 N–H and O–H groups in total. The Hall–Kier alpha value is -3.02. The van der Waals surface area contributed by atoms with Crippen LogP contribution in [0.1, 0.15) is 30.2 Å². The van der Waals surface area contributed by atoms with Gasteiger partial charge in [-0.2, -0.15) is 0 Å². The molecule has 0 unspecified atom stereocenters. The second-order valence-corrected chi connectivity index (χ2v) is 7.03. The summed E-state index contributed by atoms with van der Waals surface area (Å²) in [6.45, 7) is 1.41. The number of benzene rings is 2. The van der Waals surface area contributed by atoms with Crippen LogP contribution in [-0.4, -0.2) is 43.1 Å². The maximum atomic E-state index is 12.8. The molecule has 4 rings (SSSR count). The number of para-hydroxylation sites is 2. The number of carbonyl (C=O) groups excluding carboxylic acids is 1. The molecule has 1 aromatic heterocycles. The third-order valence-corrected chi connectivity index (χ3v) is 5.34. The van der Waals surface area contributed by atoms with Gasteiger partial charge in [0.25, 0.3) is 0 Å². The lowest BCUT2D eigenvalue weighted by atomic mass is 9.96. The van der Waals surface area contributed by atoms with Crippen molar-refractivity contribution in [1.82, 2.24) is 9.88 Å². The summed E-state index contributed by atoms with van der Waals surface area (Å²) < 4.78 is 16.6. The van der Waals surface area contributed by atoms with Gasteiger partial charge in [-0.1, -0.05) is 12.1 Å². The lowest BCUT2D eigenvalue weighted by molar-refractivity contribution is -0.131. The van der Waals surface area contributed by atoms with Gasteiger partial charge >= 0.3 is 0 Å². The number of methoxy groups -OCH3 is 2. The van der Waals surface area contributed by atoms with E-state index in [1.807, 2.05) is 47.4 Å². The summed E-state index contributed by atoms with van der Waals surface area (Å²) >= 11 is 0. The number of aromatic nitrogens is 1. The van der Waals surface area contributed by atoms with Gasteiger partial charge in [-0.15, -0.1) is 0 Å². The molecule has 1 fully saturated rings. The molecule has 1 amide bonds. The molecule has 2 aromatic carbocycles. The number of ether oxygens (including phenoxy) is 2. The van der Waals surface area contributed by atoms with Crippen molar-refractivity contribution in [2.75, 3.05) is 27.3 Å². The highest BCUT2D eigenvalue weighted by Crippen LogP contribution is 2.31. The van der Waals surface area contributed by atoms with Crippen LogP contribution in [0.3, 0.4) is 0 Å². The lowest BCUT2D eigenvalue weighted by Crippen LogP contribution is -2.38. The molecular weight excluding hydrogens is 356 g/mol. The maximum Gasteiger partial charge on any atom is 0.227 e. The third kappa shape index (κ3) is 3.67. The summed E-state index contributed by atoms with van der Waals surface area (Å²) in [7, 11) is 3.23. The number of fused-ring (bicyclic) bond motifs is 1. The highest BCUT2D eigenvalue weighted by Gasteiger charge is 2.27. The second-order valence-electron chi connectivity index (χ2n) is 7.03. The topological polar surface area (TPSA) is 64.8 Å². The Balaban J connectivity index is 1.40. The van der Waals surface area contributed by atoms with Crippen molar-refractivity contribution in [1.29, 1.82) is 0 Å². The number of hydrogen-bond acceptors (Lipinski definition) is 5. The van der Waals surface area contributed by atoms with Crippen LogP contribution in [0.4, 0.5) is 0 Å². The van der Waals surface area contributed by atoms with E-state index in [9.17, 15) is 4.79 Å². The predicted octanol–water partition coefficient (Wildman–Crippen LogP) is 3.79. The fourth-order valence-electron chi connectivity index (χ4n) is 3.74. The fourth-order valence-corrected chi connectivity index (χ4v) is 3.74. The number of carbonyl (C=O) groups is 1. The smallest absolute Gasteiger partial charge is 0.227 e. The van der Waals surface area contributed by atoms with Crippen LogP contribution in [0, 0.1) is 0 Å². The van der Waals surface area contributed by atoms with Gasteiger partial charge in [0.15, 0.2) is 11.5 Å². The maximum absolute atomic E-state index is 12.8. The Bertz CT molecular complexity index is 941. The minimum atomic E-state index is 0.0996. The molecule has 1 aliphatic rings. The number of piperidine rings is 1. The molecule has 0 bridgehead atoms. The van der Waals surface area contributed by atoms with E-state index in [-0.39, 0.29) is 11.8 Å². The van der Waals surface area contributed by atoms with E-state index in [2.05, 4.69) is 4.98 Å². The van der Waals surface area contributed by atoms with Crippen molar-refractivity contribution in [3.05, 3.63) is 53.9 Å². The largest absolute Gasteiger partial charge is 0.497 e. The minimum absolute atomic E-state index is 0.0996. The van der Waals surface area contributed by atoms with Crippen molar-refractivity contribution < 1.29 is 18.7 Å². The summed E-state index contributed by atoms with van der Waals surface area (Å²) in [5.74, 6) is 2.56. The first-order chi connectivity index (χ1) is 13.7. The summed E-state index contributed by atoms with van der Waals surface area (Å²) in [6, 6.07) is 13.3. The summed E-state index contributed by atoms with van der Waals surface area (Å²) in [4.78, 5) is 19.3. The van der Waals surface area contributed by atoms with Gasteiger partial charge in [0.2, 0.25) is 5.91 Å². The van der Waals surface area contributed by atoms with Gasteiger partial charge in [0, 0.05) is 24.6 Å². The molecular formula is C22H24N2O4. The zero-order valence-electron chi connectivity index (χ0n) is 16.2. The average molecular weight is 380 g/mol. The molecule has 0 radical (unpaired) electrons. The van der Waals surface area contributed by atoms with Crippen molar-refractivity contribution in [2.45, 2.75) is 25.2 Å². The zero-order valence-corrected chi connectivity index (χ0v) is 16.2. The number of oxazole rings is 1. The summed E-state index contributed by atoms with van der Waals surface area (Å²) in [5.41, 5.74) is 2.55. The molecule has 0 aliphatic carbocycles. The summed E-state index contributed by atoms with van der Waals surface area (Å²) in [5, 5.41) is 0. The van der Waals surface area contributed by atoms with Crippen LogP contribution in [-0.2, 0) is 11.2 Å². The van der Waals surface area contributed by atoms with E-state index in [0.717, 1.165) is 41.1 Å². The first-order valence-electron chi connectivity index (χ1n) is 9.52. The number of nitrogens with zero attached hydrogens (tertiary/aromatic N) is 2. The van der Waals surface area contributed by atoms with Crippen LogP contribution >= 0.6 is 0 Å². The van der Waals surface area contributed by atoms with Crippen LogP contribution in [0.25, 0.3) is 11.1 Å². The van der Waals surface area contributed by atoms with Crippen molar-refractivity contribution in [3.8, 4) is 11.5 Å². The van der Waals surface area contributed by atoms with Crippen molar-refractivity contribution >= 4 is 17.0 Å². The Morgan fingerprint density at radius 2 is 1.93 bits per heavy atom. The average Bonchev–Trinajstić information content (AvgIpc) is 3.18. The molecule has 0 spiro atoms. The van der Waals surface area contributed by atoms with E-state index < -0.39 is 0 Å². The van der Waals surface area contributed by atoms with Gasteiger partial charge in [0.1, 0.15) is 17.0 Å². The fraction of sp³-hybridized carbons (Fsp3) is 0.364. The number of likely N-dealkylation sites (tertiary alicyclic amines) is 1. The van der Waals surface area contributed by atoms with Crippen LogP contribution < -0.4 is 9.47 Å². The van der Waals surface area contributed by atoms with Gasteiger partial charge in [0.05, 0.1) is 20.6 Å². The molecule has 28 heavy (non-hydrogen) atoms. The monoisotopic (exact) mass is 380 g/mol. The van der Waals surface area contributed by atoms with Crippen molar-refractivity contribution in [3.63, 3.8) is 0 Å². The molecule has 1 aliphatic heterocycles. The second kappa shape index (κ2) is 7.92. The quantitative estimate of drug-likeness (QED) is 0.674. The standard InChI is InChI=1S/C22H24N2O4/c1-26-17-7-8-19(27-2)16(13-17)14-21(25)24-11-9-15(10-12-24)22-23-18-5-3-4-6-20(18)28-22/h3-8,13,15H,9-12,14H2,1-2H3. The molecule has 3 aromatic rings. The van der Waals surface area contributed by atoms with E-state index in [0.29, 0.717) is 25.3 Å². The molecule has 6 nitrogen and oxygen atoms in total. The van der Waals surface area contributed by atoms with Gasteiger partial charge in [-0.25, -0.2) is 4.98 Å². The normalized spacial score (nSPS) is 15.0. The van der Waals surface area contributed by atoms with E-state index in [1.54, 1.807) is 14.2 Å². The Morgan fingerprint density at radius 3 is 2.64 bits per heavy atom. The molecule has 0 saturated carbocycles. The Morgan fingerprint density at radius 1 is 1.14 bits per heavy atom. The molecule has 0 atom stereocenters. The Labute approximate surface area is 164 Å². The SMILES string of the molecule is COc1ccc(OC)c(CC(=O)N2CCC(c3nc4ccccc4o3)CC2)c1. The molecule has 2 heterocycles. The predicted molar refractivity (Wildman–Crippen MR) is 106 cm³/mol. The first-order valence-corrected chi connectivity index (χ1v) is 9.52. The zero-order chi connectivity index (χ0) is 19.5. The van der Waals surface area contributed by atoms with E-state index in [4.69, 9.17) is 13.9 Å². The van der Waals surface area contributed by atoms with Crippen molar-refractivity contribution in [2.24, 2.45) is 0 Å². The molecule has 1 saturated heterocycles. The highest BCUT2D eigenvalue weighted by atomic mass is 16.5. The Kier molecular flexibility index (Phi) is 5.19. The van der Waals surface area contributed by atoms with Gasteiger partial charge in [-0.05, 0) is 43.2 Å². The van der Waals surface area contributed by atoms with E-state index in [1.165, 1.54) is 0 Å². The third-order valence-electron chi connectivity index (χ3n) is 5.34. The first kappa shape index (κ1) is 18.3. The van der Waals surface area contributed by atoms with Crippen LogP contribution in [0.5, 0.6) is 11.5 Å². The number of amides is 1. The molecule has 146 valence electrons. The highest BCUT2D eigenvalue weighted by molar-refractivity contribution is 5.80. The molecule has 6 heteroatoms. The number of rotatable bonds is 5. The lowest BCUT2D eigenvalue weighted by Gasteiger charge is -2.31. The van der Waals surface area contributed by atoms with Crippen LogP contribution in [0.15, 0.2) is 46.9 Å².